The van der Waals surface area contributed by atoms with Gasteiger partial charge >= 0.3 is 0 Å². The zero-order chi connectivity index (χ0) is 18.5. The van der Waals surface area contributed by atoms with E-state index in [1.54, 1.807) is 7.11 Å². The first-order chi connectivity index (χ1) is 13.3. The van der Waals surface area contributed by atoms with E-state index in [1.807, 2.05) is 22.9 Å². The Balaban J connectivity index is 1.68. The van der Waals surface area contributed by atoms with Crippen LogP contribution in [0.1, 0.15) is 5.56 Å². The predicted molar refractivity (Wildman–Crippen MR) is 105 cm³/mol. The highest BCUT2D eigenvalue weighted by molar-refractivity contribution is 5.64. The summed E-state index contributed by atoms with van der Waals surface area (Å²) in [6.45, 7) is 3.94. The first kappa shape index (κ1) is 17.5. The molecule has 0 unspecified atom stereocenters. The number of aromatic nitrogens is 2. The van der Waals surface area contributed by atoms with E-state index in [1.165, 1.54) is 16.7 Å². The zero-order valence-electron chi connectivity index (χ0n) is 15.5. The van der Waals surface area contributed by atoms with Crippen LogP contribution in [0.4, 0.5) is 5.82 Å². The standard InChI is InChI=1S/C22H24N3O2/c1-26-21-9-7-18(8-10-21)16-25-17-20(19-5-3-2-4-6-19)15-22(23-25)24-11-13-27-14-12-24/h2-10,15,17H,11-14,16H2,1H3/q+1. The number of rotatable bonds is 5. The highest BCUT2D eigenvalue weighted by atomic mass is 16.5. The summed E-state index contributed by atoms with van der Waals surface area (Å²) in [4.78, 5) is 2.29. The number of anilines is 1. The fourth-order valence-corrected chi connectivity index (χ4v) is 3.26. The Bertz CT molecular complexity index is 876. The Kier molecular flexibility index (Phi) is 5.30. The third-order valence-electron chi connectivity index (χ3n) is 4.75. The van der Waals surface area contributed by atoms with Gasteiger partial charge in [-0.15, -0.1) is 0 Å². The van der Waals surface area contributed by atoms with Gasteiger partial charge in [0.05, 0.1) is 25.9 Å². The van der Waals surface area contributed by atoms with Crippen molar-refractivity contribution in [2.75, 3.05) is 38.3 Å². The van der Waals surface area contributed by atoms with Crippen LogP contribution in [0.5, 0.6) is 5.75 Å². The summed E-state index contributed by atoms with van der Waals surface area (Å²) in [5.41, 5.74) is 3.55. The van der Waals surface area contributed by atoms with Crippen LogP contribution in [0.3, 0.4) is 0 Å². The summed E-state index contributed by atoms with van der Waals surface area (Å²) in [6.07, 6.45) is 2.11. The van der Waals surface area contributed by atoms with Crippen LogP contribution in [0, 0.1) is 0 Å². The molecule has 3 aromatic rings. The minimum Gasteiger partial charge on any atom is -0.497 e. The molecule has 0 atom stereocenters. The van der Waals surface area contributed by atoms with E-state index < -0.39 is 0 Å². The molecule has 0 bridgehead atoms. The smallest absolute Gasteiger partial charge is 0.204 e. The zero-order valence-corrected chi connectivity index (χ0v) is 15.5. The number of methoxy groups -OCH3 is 1. The molecule has 0 N–H and O–H groups in total. The van der Waals surface area contributed by atoms with Crippen LogP contribution < -0.4 is 14.3 Å². The van der Waals surface area contributed by atoms with E-state index in [0.717, 1.165) is 37.9 Å². The van der Waals surface area contributed by atoms with Crippen LogP contribution in [0.25, 0.3) is 11.1 Å². The minimum atomic E-state index is 0.710. The van der Waals surface area contributed by atoms with Gasteiger partial charge in [-0.05, 0) is 29.8 Å². The van der Waals surface area contributed by atoms with Gasteiger partial charge in [0.25, 0.3) is 0 Å². The first-order valence-electron chi connectivity index (χ1n) is 9.25. The van der Waals surface area contributed by atoms with Crippen LogP contribution in [-0.4, -0.2) is 38.5 Å². The molecule has 1 aliphatic rings. The third kappa shape index (κ3) is 4.26. The fraction of sp³-hybridized carbons (Fsp3) is 0.273. The Hall–Kier alpha value is -2.92. The average Bonchev–Trinajstić information content (AvgIpc) is 2.75. The van der Waals surface area contributed by atoms with E-state index in [2.05, 4.69) is 53.6 Å². The van der Waals surface area contributed by atoms with Crippen LogP contribution >= 0.6 is 0 Å². The lowest BCUT2D eigenvalue weighted by atomic mass is 10.1. The SMILES string of the molecule is COc1ccc(C[n+]2cc(-c3ccccc3)cc(N3CCOCC3)n2)cc1. The van der Waals surface area contributed by atoms with Gasteiger partial charge in [0.2, 0.25) is 6.20 Å². The first-order valence-corrected chi connectivity index (χ1v) is 9.25. The minimum absolute atomic E-state index is 0.710. The molecule has 0 amide bonds. The van der Waals surface area contributed by atoms with Crippen LogP contribution in [0.15, 0.2) is 66.9 Å². The van der Waals surface area contributed by atoms with Crippen molar-refractivity contribution in [2.24, 2.45) is 0 Å². The molecule has 27 heavy (non-hydrogen) atoms. The molecule has 0 saturated carbocycles. The highest BCUT2D eigenvalue weighted by Crippen LogP contribution is 2.22. The summed E-state index contributed by atoms with van der Waals surface area (Å²) in [6, 6.07) is 20.8. The summed E-state index contributed by atoms with van der Waals surface area (Å²) in [5, 5.41) is 4.88. The van der Waals surface area contributed by atoms with Gasteiger partial charge in [-0.25, -0.2) is 0 Å². The summed E-state index contributed by atoms with van der Waals surface area (Å²) in [5.74, 6) is 1.86. The second-order valence-corrected chi connectivity index (χ2v) is 6.60. The van der Waals surface area contributed by atoms with Crippen molar-refractivity contribution < 1.29 is 14.2 Å². The molecule has 2 heterocycles. The van der Waals surface area contributed by atoms with Gasteiger partial charge in [-0.1, -0.05) is 35.0 Å². The van der Waals surface area contributed by atoms with Crippen LogP contribution in [-0.2, 0) is 11.3 Å². The van der Waals surface area contributed by atoms with Crippen molar-refractivity contribution >= 4 is 5.82 Å². The number of nitrogens with zero attached hydrogens (tertiary/aromatic N) is 3. The number of hydrogen-bond acceptors (Lipinski definition) is 4. The molecule has 1 aliphatic heterocycles. The molecule has 4 rings (SSSR count). The van der Waals surface area contributed by atoms with Crippen molar-refractivity contribution in [3.8, 4) is 16.9 Å². The molecule has 5 nitrogen and oxygen atoms in total. The fourth-order valence-electron chi connectivity index (χ4n) is 3.26. The van der Waals surface area contributed by atoms with Crippen molar-refractivity contribution in [1.82, 2.24) is 5.10 Å². The molecule has 138 valence electrons. The molecule has 1 saturated heterocycles. The van der Waals surface area contributed by atoms with E-state index in [4.69, 9.17) is 14.6 Å². The normalized spacial score (nSPS) is 14.2. The lowest BCUT2D eigenvalue weighted by Crippen LogP contribution is -2.43. The molecule has 0 spiro atoms. The Morgan fingerprint density at radius 1 is 1.00 bits per heavy atom. The monoisotopic (exact) mass is 362 g/mol. The lowest BCUT2D eigenvalue weighted by molar-refractivity contribution is -0.744. The third-order valence-corrected chi connectivity index (χ3v) is 4.75. The van der Waals surface area contributed by atoms with Gasteiger partial charge < -0.3 is 14.4 Å². The Labute approximate surface area is 159 Å². The maximum absolute atomic E-state index is 5.50. The second-order valence-electron chi connectivity index (χ2n) is 6.60. The largest absolute Gasteiger partial charge is 0.497 e. The van der Waals surface area contributed by atoms with Gasteiger partial charge in [-0.2, -0.15) is 0 Å². The van der Waals surface area contributed by atoms with E-state index in [0.29, 0.717) is 6.54 Å². The number of benzene rings is 2. The lowest BCUT2D eigenvalue weighted by Gasteiger charge is -2.26. The Morgan fingerprint density at radius 3 is 2.44 bits per heavy atom. The highest BCUT2D eigenvalue weighted by Gasteiger charge is 2.19. The van der Waals surface area contributed by atoms with Gasteiger partial charge in [0.15, 0.2) is 12.4 Å². The molecule has 0 aliphatic carbocycles. The van der Waals surface area contributed by atoms with E-state index in [-0.39, 0.29) is 0 Å². The van der Waals surface area contributed by atoms with Crippen molar-refractivity contribution in [1.29, 1.82) is 0 Å². The van der Waals surface area contributed by atoms with Crippen molar-refractivity contribution in [3.63, 3.8) is 0 Å². The summed E-state index contributed by atoms with van der Waals surface area (Å²) in [7, 11) is 1.68. The van der Waals surface area contributed by atoms with Crippen molar-refractivity contribution in [2.45, 2.75) is 6.54 Å². The van der Waals surface area contributed by atoms with Crippen molar-refractivity contribution in [3.05, 3.63) is 72.4 Å². The van der Waals surface area contributed by atoms with Gasteiger partial charge in [0.1, 0.15) is 5.75 Å². The molecule has 1 fully saturated rings. The molecule has 0 radical (unpaired) electrons. The number of hydrogen-bond donors (Lipinski definition) is 0. The summed E-state index contributed by atoms with van der Waals surface area (Å²) >= 11 is 0. The molecule has 2 aromatic carbocycles. The molecule has 5 heteroatoms. The molecular formula is C22H24N3O2+. The van der Waals surface area contributed by atoms with Crippen LogP contribution in [0.2, 0.25) is 0 Å². The topological polar surface area (TPSA) is 38.5 Å². The van der Waals surface area contributed by atoms with E-state index >= 15 is 0 Å². The quantitative estimate of drug-likeness (QED) is 0.654. The molecule has 1 aromatic heterocycles. The number of ether oxygens (including phenoxy) is 2. The van der Waals surface area contributed by atoms with E-state index in [9.17, 15) is 0 Å². The Morgan fingerprint density at radius 2 is 1.74 bits per heavy atom. The average molecular weight is 362 g/mol. The maximum atomic E-state index is 5.50. The second kappa shape index (κ2) is 8.18. The van der Waals surface area contributed by atoms with Gasteiger partial charge in [0, 0.05) is 29.8 Å². The van der Waals surface area contributed by atoms with Gasteiger partial charge in [-0.3, -0.25) is 0 Å². The predicted octanol–water partition coefficient (Wildman–Crippen LogP) is 2.93. The summed E-state index contributed by atoms with van der Waals surface area (Å²) < 4.78 is 12.8. The number of morpholine rings is 1. The molecular weight excluding hydrogens is 338 g/mol. The maximum Gasteiger partial charge on any atom is 0.204 e.